The fourth-order valence-electron chi connectivity index (χ4n) is 3.29. The Morgan fingerprint density at radius 2 is 1.89 bits per heavy atom. The van der Waals surface area contributed by atoms with Gasteiger partial charge in [-0.2, -0.15) is 10.1 Å². The second-order valence-corrected chi connectivity index (χ2v) is 6.19. The highest BCUT2D eigenvalue weighted by Gasteiger charge is 2.12. The third kappa shape index (κ3) is 2.71. The number of nitrogens with two attached hydrogens (primary N) is 1. The molecule has 0 aliphatic heterocycles. The van der Waals surface area contributed by atoms with Crippen molar-refractivity contribution in [2.75, 3.05) is 11.1 Å². The van der Waals surface area contributed by atoms with Crippen LogP contribution in [0.4, 0.5) is 17.5 Å². The van der Waals surface area contributed by atoms with E-state index in [4.69, 9.17) is 5.73 Å². The van der Waals surface area contributed by atoms with E-state index in [1.165, 1.54) is 0 Å². The van der Waals surface area contributed by atoms with Crippen LogP contribution in [0.3, 0.4) is 0 Å². The van der Waals surface area contributed by atoms with E-state index in [-0.39, 0.29) is 5.95 Å². The highest BCUT2D eigenvalue weighted by atomic mass is 15.1. The summed E-state index contributed by atoms with van der Waals surface area (Å²) in [6, 6.07) is 14.1. The Morgan fingerprint density at radius 1 is 0.926 bits per heavy atom. The summed E-state index contributed by atoms with van der Waals surface area (Å²) in [6.45, 7) is 0. The summed E-state index contributed by atoms with van der Waals surface area (Å²) in [7, 11) is 0. The molecule has 0 bridgehead atoms. The summed E-state index contributed by atoms with van der Waals surface area (Å²) in [5.41, 5.74) is 9.71. The first kappa shape index (κ1) is 15.3. The monoisotopic (exact) mass is 353 g/mol. The zero-order chi connectivity index (χ0) is 18.2. The SMILES string of the molecule is Nc1nccc(Nc2cc(-c3cccc4cnccc34)c3[nH]ncc3c2)n1. The van der Waals surface area contributed by atoms with Crippen LogP contribution < -0.4 is 11.1 Å². The van der Waals surface area contributed by atoms with E-state index in [9.17, 15) is 0 Å². The number of pyridine rings is 1. The van der Waals surface area contributed by atoms with Crippen molar-refractivity contribution in [2.45, 2.75) is 0 Å². The summed E-state index contributed by atoms with van der Waals surface area (Å²) in [5, 5.41) is 13.9. The van der Waals surface area contributed by atoms with E-state index in [1.54, 1.807) is 12.3 Å². The first-order chi connectivity index (χ1) is 13.3. The van der Waals surface area contributed by atoms with Crippen molar-refractivity contribution in [3.05, 3.63) is 67.3 Å². The third-order valence-corrected chi connectivity index (χ3v) is 4.47. The van der Waals surface area contributed by atoms with Gasteiger partial charge in [0, 0.05) is 40.6 Å². The second kappa shape index (κ2) is 6.06. The van der Waals surface area contributed by atoms with Gasteiger partial charge in [-0.25, -0.2) is 4.98 Å². The summed E-state index contributed by atoms with van der Waals surface area (Å²) < 4.78 is 0. The normalized spacial score (nSPS) is 11.1. The van der Waals surface area contributed by atoms with Gasteiger partial charge < -0.3 is 11.1 Å². The number of aromatic nitrogens is 5. The molecular formula is C20H15N7. The molecule has 27 heavy (non-hydrogen) atoms. The van der Waals surface area contributed by atoms with Crippen LogP contribution in [-0.4, -0.2) is 25.1 Å². The minimum atomic E-state index is 0.228. The van der Waals surface area contributed by atoms with Crippen molar-refractivity contribution in [3.63, 3.8) is 0 Å². The summed E-state index contributed by atoms with van der Waals surface area (Å²) in [5.74, 6) is 0.865. The van der Waals surface area contributed by atoms with Gasteiger partial charge in [-0.05, 0) is 35.2 Å². The van der Waals surface area contributed by atoms with Crippen LogP contribution in [0, 0.1) is 0 Å². The van der Waals surface area contributed by atoms with E-state index in [1.807, 2.05) is 36.8 Å². The zero-order valence-corrected chi connectivity index (χ0v) is 14.2. The van der Waals surface area contributed by atoms with Crippen LogP contribution in [0.5, 0.6) is 0 Å². The van der Waals surface area contributed by atoms with Crippen molar-refractivity contribution in [1.29, 1.82) is 0 Å². The molecule has 3 aromatic heterocycles. The lowest BCUT2D eigenvalue weighted by atomic mass is 9.97. The van der Waals surface area contributed by atoms with Crippen LogP contribution in [0.2, 0.25) is 0 Å². The Labute approximate surface area is 154 Å². The van der Waals surface area contributed by atoms with E-state index >= 15 is 0 Å². The number of benzene rings is 2. The van der Waals surface area contributed by atoms with E-state index in [0.29, 0.717) is 5.82 Å². The van der Waals surface area contributed by atoms with E-state index in [0.717, 1.165) is 38.5 Å². The van der Waals surface area contributed by atoms with Gasteiger partial charge in [0.1, 0.15) is 5.82 Å². The van der Waals surface area contributed by atoms with Gasteiger partial charge in [0.15, 0.2) is 0 Å². The van der Waals surface area contributed by atoms with Crippen molar-refractivity contribution in [3.8, 4) is 11.1 Å². The summed E-state index contributed by atoms with van der Waals surface area (Å²) >= 11 is 0. The molecule has 0 saturated carbocycles. The van der Waals surface area contributed by atoms with Gasteiger partial charge in [0.05, 0.1) is 11.7 Å². The van der Waals surface area contributed by atoms with Crippen LogP contribution in [0.25, 0.3) is 32.8 Å². The maximum Gasteiger partial charge on any atom is 0.221 e. The minimum absolute atomic E-state index is 0.228. The van der Waals surface area contributed by atoms with Crippen LogP contribution in [-0.2, 0) is 0 Å². The number of H-pyrrole nitrogens is 1. The number of nitrogens with zero attached hydrogens (tertiary/aromatic N) is 4. The average molecular weight is 353 g/mol. The molecule has 0 aliphatic rings. The molecule has 0 atom stereocenters. The molecule has 130 valence electrons. The van der Waals surface area contributed by atoms with Crippen molar-refractivity contribution in [1.82, 2.24) is 25.1 Å². The Bertz CT molecular complexity index is 1270. The molecule has 2 aromatic carbocycles. The summed E-state index contributed by atoms with van der Waals surface area (Å²) in [4.78, 5) is 12.4. The number of hydrogen-bond acceptors (Lipinski definition) is 6. The number of nitrogens with one attached hydrogen (secondary N) is 2. The van der Waals surface area contributed by atoms with Gasteiger partial charge in [-0.1, -0.05) is 18.2 Å². The lowest BCUT2D eigenvalue weighted by Gasteiger charge is -2.12. The van der Waals surface area contributed by atoms with Gasteiger partial charge in [0.2, 0.25) is 5.95 Å². The maximum absolute atomic E-state index is 5.69. The van der Waals surface area contributed by atoms with Crippen LogP contribution >= 0.6 is 0 Å². The topological polar surface area (TPSA) is 105 Å². The van der Waals surface area contributed by atoms with Crippen LogP contribution in [0.15, 0.2) is 67.3 Å². The Morgan fingerprint density at radius 3 is 2.81 bits per heavy atom. The molecule has 0 unspecified atom stereocenters. The molecule has 5 rings (SSSR count). The van der Waals surface area contributed by atoms with Crippen molar-refractivity contribution in [2.24, 2.45) is 0 Å². The molecule has 3 heterocycles. The van der Waals surface area contributed by atoms with Crippen molar-refractivity contribution < 1.29 is 0 Å². The predicted octanol–water partition coefficient (Wildman–Crippen LogP) is 3.89. The van der Waals surface area contributed by atoms with E-state index in [2.05, 4.69) is 48.7 Å². The fraction of sp³-hybridized carbons (Fsp3) is 0. The highest BCUT2D eigenvalue weighted by Crippen LogP contribution is 2.35. The molecule has 0 amide bonds. The van der Waals surface area contributed by atoms with Gasteiger partial charge in [-0.15, -0.1) is 0 Å². The molecule has 0 aliphatic carbocycles. The molecule has 0 spiro atoms. The van der Waals surface area contributed by atoms with Gasteiger partial charge in [0.25, 0.3) is 0 Å². The predicted molar refractivity (Wildman–Crippen MR) is 107 cm³/mol. The molecule has 0 fully saturated rings. The zero-order valence-electron chi connectivity index (χ0n) is 14.2. The fourth-order valence-corrected chi connectivity index (χ4v) is 3.29. The smallest absolute Gasteiger partial charge is 0.221 e. The molecule has 0 saturated heterocycles. The summed E-state index contributed by atoms with van der Waals surface area (Å²) in [6.07, 6.45) is 7.11. The first-order valence-electron chi connectivity index (χ1n) is 8.44. The van der Waals surface area contributed by atoms with Gasteiger partial charge >= 0.3 is 0 Å². The number of nitrogen functional groups attached to an aromatic ring is 1. The Balaban J connectivity index is 1.71. The standard InChI is InChI=1S/C20H15N7/c21-20-23-7-5-18(26-20)25-14-8-13-11-24-27-19(13)17(9-14)16-3-1-2-12-10-22-6-4-15(12)16/h1-11H,(H,24,27)(H3,21,23,25,26). The highest BCUT2D eigenvalue weighted by molar-refractivity contribution is 6.05. The van der Waals surface area contributed by atoms with E-state index < -0.39 is 0 Å². The number of anilines is 3. The molecule has 7 heteroatoms. The largest absolute Gasteiger partial charge is 0.368 e. The Hall–Kier alpha value is -4.00. The maximum atomic E-state index is 5.69. The van der Waals surface area contributed by atoms with Gasteiger partial charge in [-0.3, -0.25) is 10.1 Å². The molecule has 7 nitrogen and oxygen atoms in total. The second-order valence-electron chi connectivity index (χ2n) is 6.19. The first-order valence-corrected chi connectivity index (χ1v) is 8.44. The number of hydrogen-bond donors (Lipinski definition) is 3. The molecule has 0 radical (unpaired) electrons. The minimum Gasteiger partial charge on any atom is -0.368 e. The Kier molecular flexibility index (Phi) is 3.43. The van der Waals surface area contributed by atoms with Crippen molar-refractivity contribution >= 4 is 39.1 Å². The molecule has 4 N–H and O–H groups in total. The molecule has 5 aromatic rings. The number of aromatic amines is 1. The number of rotatable bonds is 3. The molecular weight excluding hydrogens is 338 g/mol. The lowest BCUT2D eigenvalue weighted by Crippen LogP contribution is -1.99. The average Bonchev–Trinajstić information content (AvgIpc) is 3.16. The third-order valence-electron chi connectivity index (χ3n) is 4.47. The number of fused-ring (bicyclic) bond motifs is 2. The quantitative estimate of drug-likeness (QED) is 0.454. The van der Waals surface area contributed by atoms with Crippen LogP contribution in [0.1, 0.15) is 0 Å². The lowest BCUT2D eigenvalue weighted by molar-refractivity contribution is 1.12.